The molecular weight excluding hydrogens is 506 g/mol. The topological polar surface area (TPSA) is 115 Å². The van der Waals surface area contributed by atoms with Crippen molar-refractivity contribution < 1.29 is 14.3 Å². The molecule has 0 aliphatic heterocycles. The fourth-order valence-corrected chi connectivity index (χ4v) is 4.27. The minimum absolute atomic E-state index is 0.0562. The van der Waals surface area contributed by atoms with Crippen LogP contribution in [0.4, 0.5) is 5.69 Å². The first-order chi connectivity index (χ1) is 19.4. The number of aryl methyl sites for hydroxylation is 1. The molecule has 10 nitrogen and oxygen atoms in total. The third kappa shape index (κ3) is 6.19. The minimum Gasteiger partial charge on any atom is -0.461 e. The number of nitrogens with one attached hydrogen (secondary N) is 1. The Balaban J connectivity index is 1.40. The van der Waals surface area contributed by atoms with Gasteiger partial charge >= 0.3 is 5.97 Å². The van der Waals surface area contributed by atoms with E-state index in [0.29, 0.717) is 23.6 Å². The lowest BCUT2D eigenvalue weighted by atomic mass is 10.0. The zero-order valence-corrected chi connectivity index (χ0v) is 22.5. The van der Waals surface area contributed by atoms with Crippen molar-refractivity contribution in [3.63, 3.8) is 0 Å². The molecule has 0 aliphatic carbocycles. The Bertz CT molecular complexity index is 1670. The zero-order chi connectivity index (χ0) is 28.1. The quantitative estimate of drug-likeness (QED) is 0.279. The van der Waals surface area contributed by atoms with Gasteiger partial charge in [-0.15, -0.1) is 0 Å². The van der Waals surface area contributed by atoms with Gasteiger partial charge in [0.15, 0.2) is 0 Å². The molecule has 0 aliphatic rings. The summed E-state index contributed by atoms with van der Waals surface area (Å²) in [6.45, 7) is 2.74. The third-order valence-corrected chi connectivity index (χ3v) is 6.17. The number of esters is 1. The van der Waals surface area contributed by atoms with Crippen LogP contribution < -0.4 is 5.32 Å². The zero-order valence-electron chi connectivity index (χ0n) is 22.5. The Hall–Kier alpha value is -4.96. The molecule has 4 heterocycles. The molecule has 0 spiro atoms. The van der Waals surface area contributed by atoms with Crippen LogP contribution in [0.5, 0.6) is 0 Å². The highest BCUT2D eigenvalue weighted by molar-refractivity contribution is 5.98. The number of anilines is 1. The molecule has 0 atom stereocenters. The van der Waals surface area contributed by atoms with E-state index in [2.05, 4.69) is 20.3 Å². The summed E-state index contributed by atoms with van der Waals surface area (Å²) in [6, 6.07) is 17.1. The molecule has 1 N–H and O–H groups in total. The van der Waals surface area contributed by atoms with Gasteiger partial charge in [0, 0.05) is 41.8 Å². The van der Waals surface area contributed by atoms with Crippen LogP contribution in [0.1, 0.15) is 16.1 Å². The van der Waals surface area contributed by atoms with E-state index in [1.165, 1.54) is 12.4 Å². The molecule has 1 amide bonds. The molecule has 5 rings (SSSR count). The number of nitrogens with zero attached hydrogens (tertiary/aromatic N) is 6. The normalized spacial score (nSPS) is 11.1. The molecule has 10 heteroatoms. The summed E-state index contributed by atoms with van der Waals surface area (Å²) >= 11 is 0. The third-order valence-electron chi connectivity index (χ3n) is 6.17. The second-order valence-electron chi connectivity index (χ2n) is 9.58. The number of aromatic nitrogens is 5. The Morgan fingerprint density at radius 1 is 1.02 bits per heavy atom. The fourth-order valence-electron chi connectivity index (χ4n) is 4.27. The molecule has 0 saturated heterocycles. The number of likely N-dealkylation sites (N-methyl/N-ethyl adjacent to an activating group) is 1. The molecule has 0 radical (unpaired) electrons. The molecule has 0 saturated carbocycles. The van der Waals surface area contributed by atoms with Crippen LogP contribution in [0.3, 0.4) is 0 Å². The summed E-state index contributed by atoms with van der Waals surface area (Å²) < 4.78 is 6.86. The predicted molar refractivity (Wildman–Crippen MR) is 153 cm³/mol. The van der Waals surface area contributed by atoms with E-state index in [4.69, 9.17) is 9.84 Å². The van der Waals surface area contributed by atoms with Gasteiger partial charge in [0.1, 0.15) is 18.8 Å². The summed E-state index contributed by atoms with van der Waals surface area (Å²) in [5.41, 5.74) is 5.53. The van der Waals surface area contributed by atoms with E-state index in [1.807, 2.05) is 80.6 Å². The van der Waals surface area contributed by atoms with Crippen LogP contribution in [0, 0.1) is 6.92 Å². The Morgan fingerprint density at radius 2 is 1.88 bits per heavy atom. The van der Waals surface area contributed by atoms with Crippen molar-refractivity contribution >= 4 is 28.5 Å². The maximum Gasteiger partial charge on any atom is 0.339 e. The highest BCUT2D eigenvalue weighted by atomic mass is 16.5. The molecule has 40 heavy (non-hydrogen) atoms. The van der Waals surface area contributed by atoms with Crippen molar-refractivity contribution in [3.8, 4) is 22.5 Å². The van der Waals surface area contributed by atoms with Crippen LogP contribution in [0.2, 0.25) is 0 Å². The van der Waals surface area contributed by atoms with Gasteiger partial charge in [0.05, 0.1) is 28.7 Å². The van der Waals surface area contributed by atoms with E-state index >= 15 is 0 Å². The average Bonchev–Trinajstić information content (AvgIpc) is 3.36. The first kappa shape index (κ1) is 26.6. The second kappa shape index (κ2) is 11.8. The summed E-state index contributed by atoms with van der Waals surface area (Å²) in [5.74, 6) is -0.820. The highest BCUT2D eigenvalue weighted by Gasteiger charge is 2.18. The molecular formula is C30H29N7O3. The van der Waals surface area contributed by atoms with Gasteiger partial charge in [0.2, 0.25) is 5.91 Å². The number of para-hydroxylation sites is 1. The number of hydrogen-bond donors (Lipinski definition) is 1. The van der Waals surface area contributed by atoms with Crippen LogP contribution >= 0.6 is 0 Å². The second-order valence-corrected chi connectivity index (χ2v) is 9.58. The van der Waals surface area contributed by atoms with Crippen molar-refractivity contribution in [2.45, 2.75) is 13.5 Å². The SMILES string of the molecule is Cc1cccc(-c2nn(CC(=O)Nc3cncc(C(=O)OCCN(C)C)c3)cc2-c2ccnc3ccccc23)n1. The molecule has 1 aromatic carbocycles. The van der Waals surface area contributed by atoms with Gasteiger partial charge in [0.25, 0.3) is 0 Å². The lowest BCUT2D eigenvalue weighted by Gasteiger charge is -2.10. The predicted octanol–water partition coefficient (Wildman–Crippen LogP) is 4.22. The standard InChI is InChI=1S/C30H29N7O3/c1-20-7-6-10-27(33-20)29-25(23-11-12-32-26-9-5-4-8-24(23)26)18-37(35-29)19-28(38)34-22-15-21(16-31-17-22)30(39)40-14-13-36(2)3/h4-12,15-18H,13-14,19H2,1-3H3,(H,34,38). The Morgan fingerprint density at radius 3 is 2.70 bits per heavy atom. The number of amides is 1. The monoisotopic (exact) mass is 535 g/mol. The summed E-state index contributed by atoms with van der Waals surface area (Å²) in [6.07, 6.45) is 6.50. The number of hydrogen-bond acceptors (Lipinski definition) is 8. The molecule has 5 aromatic rings. The molecule has 0 unspecified atom stereocenters. The highest BCUT2D eigenvalue weighted by Crippen LogP contribution is 2.34. The number of rotatable bonds is 9. The number of fused-ring (bicyclic) bond motifs is 1. The van der Waals surface area contributed by atoms with Crippen molar-refractivity contribution in [2.24, 2.45) is 0 Å². The van der Waals surface area contributed by atoms with Crippen molar-refractivity contribution in [3.05, 3.63) is 90.6 Å². The Labute approximate surface area is 231 Å². The largest absolute Gasteiger partial charge is 0.461 e. The summed E-state index contributed by atoms with van der Waals surface area (Å²) in [7, 11) is 3.79. The van der Waals surface area contributed by atoms with Crippen LogP contribution in [0.25, 0.3) is 33.4 Å². The van der Waals surface area contributed by atoms with Gasteiger partial charge in [-0.05, 0) is 56.9 Å². The van der Waals surface area contributed by atoms with E-state index in [9.17, 15) is 9.59 Å². The number of carbonyl (C=O) groups excluding carboxylic acids is 2. The smallest absolute Gasteiger partial charge is 0.339 e. The number of pyridine rings is 3. The number of carbonyl (C=O) groups is 2. The lowest BCUT2D eigenvalue weighted by Crippen LogP contribution is -2.21. The number of ether oxygens (including phenoxy) is 1. The van der Waals surface area contributed by atoms with E-state index in [-0.39, 0.29) is 24.6 Å². The first-order valence-electron chi connectivity index (χ1n) is 12.8. The van der Waals surface area contributed by atoms with Gasteiger partial charge in [-0.1, -0.05) is 24.3 Å². The van der Waals surface area contributed by atoms with Crippen molar-refractivity contribution in [1.29, 1.82) is 0 Å². The average molecular weight is 536 g/mol. The summed E-state index contributed by atoms with van der Waals surface area (Å²) in [4.78, 5) is 40.5. The Kier molecular flexibility index (Phi) is 7.88. The van der Waals surface area contributed by atoms with Gasteiger partial charge in [-0.2, -0.15) is 5.10 Å². The molecule has 0 bridgehead atoms. The number of benzene rings is 1. The van der Waals surface area contributed by atoms with E-state index < -0.39 is 5.97 Å². The van der Waals surface area contributed by atoms with Gasteiger partial charge < -0.3 is 15.0 Å². The van der Waals surface area contributed by atoms with E-state index in [0.717, 1.165) is 27.7 Å². The molecule has 0 fully saturated rings. The van der Waals surface area contributed by atoms with E-state index in [1.54, 1.807) is 16.9 Å². The lowest BCUT2D eigenvalue weighted by molar-refractivity contribution is -0.116. The van der Waals surface area contributed by atoms with Gasteiger partial charge in [-0.25, -0.2) is 4.79 Å². The van der Waals surface area contributed by atoms with Crippen LogP contribution in [-0.2, 0) is 16.1 Å². The first-order valence-corrected chi connectivity index (χ1v) is 12.8. The molecule has 202 valence electrons. The molecule has 4 aromatic heterocycles. The van der Waals surface area contributed by atoms with Gasteiger partial charge in [-0.3, -0.25) is 24.4 Å². The maximum atomic E-state index is 13.0. The fraction of sp³-hybridized carbons (Fsp3) is 0.200. The van der Waals surface area contributed by atoms with Crippen molar-refractivity contribution in [1.82, 2.24) is 29.6 Å². The van der Waals surface area contributed by atoms with Crippen molar-refractivity contribution in [2.75, 3.05) is 32.6 Å². The summed E-state index contributed by atoms with van der Waals surface area (Å²) in [5, 5.41) is 8.54. The van der Waals surface area contributed by atoms with Crippen LogP contribution in [0.15, 0.2) is 79.4 Å². The minimum atomic E-state index is -0.498. The van der Waals surface area contributed by atoms with Crippen LogP contribution in [-0.4, -0.2) is 68.8 Å². The maximum absolute atomic E-state index is 13.0.